The lowest BCUT2D eigenvalue weighted by atomic mass is 10.0. The van der Waals surface area contributed by atoms with Crippen molar-refractivity contribution in [2.45, 2.75) is 45.1 Å². The van der Waals surface area contributed by atoms with E-state index in [1.807, 2.05) is 0 Å². The third kappa shape index (κ3) is 4.49. The first-order chi connectivity index (χ1) is 7.20. The average molecular weight is 214 g/mol. The van der Waals surface area contributed by atoms with Gasteiger partial charge in [-0.3, -0.25) is 0 Å². The van der Waals surface area contributed by atoms with Gasteiger partial charge >= 0.3 is 0 Å². The summed E-state index contributed by atoms with van der Waals surface area (Å²) in [5.41, 5.74) is -0.400. The number of likely N-dealkylation sites (N-methyl/N-ethyl adjacent to an activating group) is 1. The number of nitrogens with one attached hydrogen (secondary N) is 1. The number of hydrogen-bond donors (Lipinski definition) is 2. The van der Waals surface area contributed by atoms with Crippen LogP contribution >= 0.6 is 0 Å². The smallest absolute Gasteiger partial charge is 0.0771 e. The molecule has 1 aliphatic carbocycles. The second-order valence-electron chi connectivity index (χ2n) is 4.64. The molecule has 0 bridgehead atoms. The molecule has 0 atom stereocenters. The van der Waals surface area contributed by atoms with Gasteiger partial charge in [0.05, 0.1) is 5.60 Å². The van der Waals surface area contributed by atoms with E-state index in [-0.39, 0.29) is 0 Å². The summed E-state index contributed by atoms with van der Waals surface area (Å²) >= 11 is 0. The maximum absolute atomic E-state index is 10.1. The fourth-order valence-corrected chi connectivity index (χ4v) is 2.31. The summed E-state index contributed by atoms with van der Waals surface area (Å²) in [6.07, 6.45) is 4.33. The molecule has 0 aromatic carbocycles. The van der Waals surface area contributed by atoms with Crippen LogP contribution in [0.3, 0.4) is 0 Å². The summed E-state index contributed by atoms with van der Waals surface area (Å²) < 4.78 is 0. The molecule has 0 amide bonds. The van der Waals surface area contributed by atoms with Crippen molar-refractivity contribution in [3.63, 3.8) is 0 Å². The van der Waals surface area contributed by atoms with E-state index in [2.05, 4.69) is 24.1 Å². The first-order valence-electron chi connectivity index (χ1n) is 6.35. The molecule has 0 aliphatic heterocycles. The molecule has 3 nitrogen and oxygen atoms in total. The zero-order valence-electron chi connectivity index (χ0n) is 10.3. The normalized spacial score (nSPS) is 20.0. The van der Waals surface area contributed by atoms with Gasteiger partial charge in [-0.25, -0.2) is 0 Å². The van der Waals surface area contributed by atoms with Crippen LogP contribution in [0.2, 0.25) is 0 Å². The van der Waals surface area contributed by atoms with Gasteiger partial charge in [-0.05, 0) is 25.9 Å². The molecule has 2 N–H and O–H groups in total. The zero-order chi connectivity index (χ0) is 11.1. The zero-order valence-corrected chi connectivity index (χ0v) is 10.3. The van der Waals surface area contributed by atoms with E-state index in [0.29, 0.717) is 0 Å². The molecule has 0 spiro atoms. The summed E-state index contributed by atoms with van der Waals surface area (Å²) in [7, 11) is 0. The Morgan fingerprint density at radius 2 is 1.80 bits per heavy atom. The second-order valence-corrected chi connectivity index (χ2v) is 4.64. The Hall–Kier alpha value is -0.120. The molecule has 0 aromatic rings. The molecule has 1 aliphatic rings. The number of hydrogen-bond acceptors (Lipinski definition) is 3. The lowest BCUT2D eigenvalue weighted by Gasteiger charge is -2.24. The summed E-state index contributed by atoms with van der Waals surface area (Å²) in [6, 6.07) is 0. The molecule has 1 saturated carbocycles. The predicted octanol–water partition coefficient (Wildman–Crippen LogP) is 1.22. The number of aliphatic hydroxyl groups is 1. The van der Waals surface area contributed by atoms with E-state index in [4.69, 9.17) is 0 Å². The van der Waals surface area contributed by atoms with Crippen LogP contribution in [0.5, 0.6) is 0 Å². The van der Waals surface area contributed by atoms with Crippen LogP contribution in [-0.4, -0.2) is 48.3 Å². The number of rotatable bonds is 7. The van der Waals surface area contributed by atoms with Crippen LogP contribution in [0.25, 0.3) is 0 Å². The van der Waals surface area contributed by atoms with Crippen molar-refractivity contribution in [3.8, 4) is 0 Å². The molecular formula is C12H26N2O. The van der Waals surface area contributed by atoms with Gasteiger partial charge in [0.1, 0.15) is 0 Å². The minimum atomic E-state index is -0.400. The second kappa shape index (κ2) is 6.46. The van der Waals surface area contributed by atoms with Crippen LogP contribution < -0.4 is 5.32 Å². The van der Waals surface area contributed by atoms with Crippen LogP contribution in [0.4, 0.5) is 0 Å². The van der Waals surface area contributed by atoms with Gasteiger partial charge in [-0.1, -0.05) is 26.7 Å². The van der Waals surface area contributed by atoms with Gasteiger partial charge in [-0.15, -0.1) is 0 Å². The first-order valence-corrected chi connectivity index (χ1v) is 6.35. The van der Waals surface area contributed by atoms with Gasteiger partial charge in [0.25, 0.3) is 0 Å². The fourth-order valence-electron chi connectivity index (χ4n) is 2.31. The minimum absolute atomic E-state index is 0.400. The van der Waals surface area contributed by atoms with E-state index >= 15 is 0 Å². The van der Waals surface area contributed by atoms with Gasteiger partial charge < -0.3 is 15.3 Å². The average Bonchev–Trinajstić information content (AvgIpc) is 2.66. The van der Waals surface area contributed by atoms with Gasteiger partial charge in [0, 0.05) is 19.6 Å². The van der Waals surface area contributed by atoms with Crippen molar-refractivity contribution < 1.29 is 5.11 Å². The summed E-state index contributed by atoms with van der Waals surface area (Å²) in [5, 5.41) is 13.5. The van der Waals surface area contributed by atoms with Crippen LogP contribution in [-0.2, 0) is 0 Å². The fraction of sp³-hybridized carbons (Fsp3) is 1.00. The molecule has 90 valence electrons. The Kier molecular flexibility index (Phi) is 5.58. The Morgan fingerprint density at radius 1 is 1.20 bits per heavy atom. The molecule has 0 saturated heterocycles. The van der Waals surface area contributed by atoms with Crippen molar-refractivity contribution in [1.29, 1.82) is 0 Å². The van der Waals surface area contributed by atoms with E-state index in [0.717, 1.165) is 45.6 Å². The van der Waals surface area contributed by atoms with E-state index in [1.165, 1.54) is 12.8 Å². The molecule has 1 fully saturated rings. The van der Waals surface area contributed by atoms with E-state index in [9.17, 15) is 5.11 Å². The quantitative estimate of drug-likeness (QED) is 0.626. The Balaban J connectivity index is 2.05. The van der Waals surface area contributed by atoms with Crippen molar-refractivity contribution >= 4 is 0 Å². The molecule has 3 heteroatoms. The standard InChI is InChI=1S/C12H26N2O/c1-3-14(4-2)10-9-13-11-12(15)7-5-6-8-12/h13,15H,3-11H2,1-2H3. The highest BCUT2D eigenvalue weighted by molar-refractivity contribution is 4.86. The molecule has 1 rings (SSSR count). The summed E-state index contributed by atoms with van der Waals surface area (Å²) in [5.74, 6) is 0. The highest BCUT2D eigenvalue weighted by Gasteiger charge is 2.30. The Morgan fingerprint density at radius 3 is 2.33 bits per heavy atom. The monoisotopic (exact) mass is 214 g/mol. The molecule has 0 radical (unpaired) electrons. The van der Waals surface area contributed by atoms with Gasteiger partial charge in [0.15, 0.2) is 0 Å². The highest BCUT2D eigenvalue weighted by atomic mass is 16.3. The van der Waals surface area contributed by atoms with Crippen molar-refractivity contribution in [1.82, 2.24) is 10.2 Å². The van der Waals surface area contributed by atoms with Crippen LogP contribution in [0, 0.1) is 0 Å². The van der Waals surface area contributed by atoms with Crippen molar-refractivity contribution in [3.05, 3.63) is 0 Å². The predicted molar refractivity (Wildman–Crippen MR) is 64.1 cm³/mol. The molecular weight excluding hydrogens is 188 g/mol. The van der Waals surface area contributed by atoms with Gasteiger partial charge in [0.2, 0.25) is 0 Å². The molecule has 0 unspecified atom stereocenters. The highest BCUT2D eigenvalue weighted by Crippen LogP contribution is 2.28. The number of nitrogens with zero attached hydrogens (tertiary/aromatic N) is 1. The molecule has 0 aromatic heterocycles. The van der Waals surface area contributed by atoms with Crippen molar-refractivity contribution in [2.75, 3.05) is 32.7 Å². The lowest BCUT2D eigenvalue weighted by Crippen LogP contribution is -2.41. The topological polar surface area (TPSA) is 35.5 Å². The van der Waals surface area contributed by atoms with E-state index in [1.54, 1.807) is 0 Å². The third-order valence-corrected chi connectivity index (χ3v) is 3.49. The maximum Gasteiger partial charge on any atom is 0.0771 e. The van der Waals surface area contributed by atoms with E-state index < -0.39 is 5.60 Å². The summed E-state index contributed by atoms with van der Waals surface area (Å²) in [4.78, 5) is 2.39. The molecule has 0 heterocycles. The Bertz CT molecular complexity index is 163. The first kappa shape index (κ1) is 12.9. The van der Waals surface area contributed by atoms with Crippen LogP contribution in [0.15, 0.2) is 0 Å². The minimum Gasteiger partial charge on any atom is -0.389 e. The van der Waals surface area contributed by atoms with Crippen LogP contribution in [0.1, 0.15) is 39.5 Å². The van der Waals surface area contributed by atoms with Gasteiger partial charge in [-0.2, -0.15) is 0 Å². The Labute approximate surface area is 93.9 Å². The third-order valence-electron chi connectivity index (χ3n) is 3.49. The SMILES string of the molecule is CCN(CC)CCNCC1(O)CCCC1. The summed E-state index contributed by atoms with van der Waals surface area (Å²) in [6.45, 7) is 9.45. The largest absolute Gasteiger partial charge is 0.389 e. The maximum atomic E-state index is 10.1. The van der Waals surface area contributed by atoms with Crippen molar-refractivity contribution in [2.24, 2.45) is 0 Å². The molecule has 15 heavy (non-hydrogen) atoms. The lowest BCUT2D eigenvalue weighted by molar-refractivity contribution is 0.0473.